The topological polar surface area (TPSA) is 151 Å². The number of fused-ring (bicyclic) bond motifs is 1. The van der Waals surface area contributed by atoms with Gasteiger partial charge in [-0.05, 0) is 77.2 Å². The minimum absolute atomic E-state index is 0.00633. The first kappa shape index (κ1) is 33.5. The predicted molar refractivity (Wildman–Crippen MR) is 183 cm³/mol. The lowest BCUT2D eigenvalue weighted by atomic mass is 10.0. The van der Waals surface area contributed by atoms with Gasteiger partial charge in [0.25, 0.3) is 17.7 Å². The fourth-order valence-electron chi connectivity index (χ4n) is 5.12. The van der Waals surface area contributed by atoms with Crippen LogP contribution in [0.15, 0.2) is 97.1 Å². The number of rotatable bonds is 9. The number of anilines is 2. The molecule has 1 aromatic heterocycles. The molecule has 0 spiro atoms. The first-order valence-electron chi connectivity index (χ1n) is 14.8. The summed E-state index contributed by atoms with van der Waals surface area (Å²) in [7, 11) is 2.80. The Morgan fingerprint density at radius 1 is 0.740 bits per heavy atom. The zero-order valence-electron chi connectivity index (χ0n) is 26.2. The normalized spacial score (nSPS) is 10.9. The molecule has 250 valence electrons. The molecular formula is C36H25F2N5O6S. The molecule has 11 nitrogen and oxygen atoms in total. The number of benzene rings is 5. The van der Waals surface area contributed by atoms with Crippen LogP contribution in [0.3, 0.4) is 0 Å². The molecule has 0 bridgehead atoms. The molecule has 0 atom stereocenters. The van der Waals surface area contributed by atoms with E-state index in [0.717, 1.165) is 28.5 Å². The summed E-state index contributed by atoms with van der Waals surface area (Å²) in [4.78, 5) is 54.4. The number of carbonyl (C=O) groups is 4. The molecular weight excluding hydrogens is 668 g/mol. The number of carboxylic acid groups (broad SMARTS) is 1. The van der Waals surface area contributed by atoms with Crippen molar-refractivity contribution in [1.82, 2.24) is 15.3 Å². The lowest BCUT2D eigenvalue weighted by molar-refractivity contribution is -0.0757. The number of carboxylic acids is 1. The van der Waals surface area contributed by atoms with E-state index >= 15 is 8.78 Å². The molecule has 0 radical (unpaired) electrons. The van der Waals surface area contributed by atoms with Crippen LogP contribution in [0, 0.1) is 11.6 Å². The molecule has 0 aliphatic heterocycles. The molecule has 3 N–H and O–H groups in total. The second kappa shape index (κ2) is 14.0. The van der Waals surface area contributed by atoms with Crippen LogP contribution in [0.25, 0.3) is 32.5 Å². The van der Waals surface area contributed by atoms with Crippen molar-refractivity contribution in [2.24, 2.45) is 0 Å². The smallest absolute Gasteiger partial charge is 0.336 e. The van der Waals surface area contributed by atoms with Gasteiger partial charge in [0.1, 0.15) is 11.6 Å². The average molecular weight is 694 g/mol. The Kier molecular flexibility index (Phi) is 9.38. The average Bonchev–Trinajstić information content (AvgIpc) is 3.58. The highest BCUT2D eigenvalue weighted by Crippen LogP contribution is 2.34. The van der Waals surface area contributed by atoms with E-state index in [1.165, 1.54) is 62.7 Å². The van der Waals surface area contributed by atoms with Crippen LogP contribution in [0.5, 0.6) is 0 Å². The van der Waals surface area contributed by atoms with Gasteiger partial charge in [-0.3, -0.25) is 24.5 Å². The van der Waals surface area contributed by atoms with Crippen LogP contribution in [-0.2, 0) is 4.84 Å². The molecule has 14 heteroatoms. The lowest BCUT2D eigenvalue weighted by Crippen LogP contribution is -2.25. The van der Waals surface area contributed by atoms with Crippen LogP contribution >= 0.6 is 11.3 Å². The highest BCUT2D eigenvalue weighted by atomic mass is 32.1. The van der Waals surface area contributed by atoms with Crippen molar-refractivity contribution < 1.29 is 37.9 Å². The minimum Gasteiger partial charge on any atom is -0.478 e. The molecule has 3 amide bonds. The molecule has 0 aliphatic carbocycles. The molecule has 6 aromatic rings. The molecule has 0 unspecified atom stereocenters. The zero-order chi connectivity index (χ0) is 35.5. The molecule has 0 saturated carbocycles. The number of aromatic carboxylic acids is 1. The maximum Gasteiger partial charge on any atom is 0.336 e. The van der Waals surface area contributed by atoms with Crippen molar-refractivity contribution in [2.75, 3.05) is 24.8 Å². The van der Waals surface area contributed by atoms with Gasteiger partial charge in [0.15, 0.2) is 5.01 Å². The lowest BCUT2D eigenvalue weighted by Gasteiger charge is -2.13. The summed E-state index contributed by atoms with van der Waals surface area (Å²) in [5.41, 5.74) is 1.55. The fourth-order valence-corrected chi connectivity index (χ4v) is 5.91. The van der Waals surface area contributed by atoms with Gasteiger partial charge in [0.05, 0.1) is 18.2 Å². The largest absolute Gasteiger partial charge is 0.478 e. The number of amides is 3. The van der Waals surface area contributed by atoms with E-state index < -0.39 is 40.9 Å². The molecule has 0 aliphatic rings. The molecule has 0 fully saturated rings. The van der Waals surface area contributed by atoms with E-state index in [-0.39, 0.29) is 32.4 Å². The number of hydrogen-bond donors (Lipinski definition) is 3. The van der Waals surface area contributed by atoms with Gasteiger partial charge in [-0.1, -0.05) is 47.7 Å². The molecule has 50 heavy (non-hydrogen) atoms. The van der Waals surface area contributed by atoms with Crippen molar-refractivity contribution >= 4 is 56.6 Å². The van der Waals surface area contributed by atoms with E-state index in [0.29, 0.717) is 27.6 Å². The number of aromatic nitrogens is 2. The van der Waals surface area contributed by atoms with Gasteiger partial charge in [0.2, 0.25) is 5.13 Å². The number of halogens is 2. The number of nitrogens with one attached hydrogen (secondary N) is 2. The Morgan fingerprint density at radius 2 is 1.32 bits per heavy atom. The maximum atomic E-state index is 15.3. The number of nitrogens with zero attached hydrogens (tertiary/aromatic N) is 3. The fraction of sp³-hybridized carbons (Fsp3) is 0.0556. The summed E-state index contributed by atoms with van der Waals surface area (Å²) < 4.78 is 30.7. The Balaban J connectivity index is 1.15. The van der Waals surface area contributed by atoms with Gasteiger partial charge in [-0.2, -0.15) is 0 Å². The minimum atomic E-state index is -1.08. The highest BCUT2D eigenvalue weighted by Gasteiger charge is 2.21. The van der Waals surface area contributed by atoms with Crippen molar-refractivity contribution in [3.8, 4) is 21.7 Å². The summed E-state index contributed by atoms with van der Waals surface area (Å²) in [6.45, 7) is 0. The van der Waals surface area contributed by atoms with Crippen LogP contribution in [-0.4, -0.2) is 58.2 Å². The van der Waals surface area contributed by atoms with E-state index in [9.17, 15) is 24.3 Å². The van der Waals surface area contributed by atoms with Gasteiger partial charge in [-0.15, -0.1) is 10.2 Å². The number of carbonyl (C=O) groups excluding carboxylic acids is 3. The first-order valence-corrected chi connectivity index (χ1v) is 15.6. The van der Waals surface area contributed by atoms with Crippen LogP contribution in [0.1, 0.15) is 41.4 Å². The maximum absolute atomic E-state index is 15.3. The third kappa shape index (κ3) is 6.78. The second-order valence-electron chi connectivity index (χ2n) is 10.8. The van der Waals surface area contributed by atoms with Gasteiger partial charge < -0.3 is 10.4 Å². The summed E-state index contributed by atoms with van der Waals surface area (Å²) in [5.74, 6) is -4.33. The third-order valence-electron chi connectivity index (χ3n) is 7.74. The Hall–Kier alpha value is -6.38. The Labute approximate surface area is 286 Å². The van der Waals surface area contributed by atoms with Gasteiger partial charge >= 0.3 is 5.97 Å². The number of hydrogen-bond acceptors (Lipinski definition) is 8. The summed E-state index contributed by atoms with van der Waals surface area (Å²) >= 11 is 0.777. The molecule has 5 aromatic carbocycles. The van der Waals surface area contributed by atoms with E-state index in [1.807, 2.05) is 0 Å². The van der Waals surface area contributed by atoms with E-state index in [1.54, 1.807) is 36.4 Å². The summed E-state index contributed by atoms with van der Waals surface area (Å²) in [6.07, 6.45) is 0. The molecule has 6 rings (SSSR count). The van der Waals surface area contributed by atoms with Gasteiger partial charge in [0, 0.05) is 34.8 Å². The first-order chi connectivity index (χ1) is 24.0. The molecule has 1 heterocycles. The van der Waals surface area contributed by atoms with E-state index in [4.69, 9.17) is 4.84 Å². The molecule has 0 saturated heterocycles. The predicted octanol–water partition coefficient (Wildman–Crippen LogP) is 7.14. The third-order valence-corrected chi connectivity index (χ3v) is 8.59. The number of hydroxylamine groups is 2. The van der Waals surface area contributed by atoms with Crippen LogP contribution in [0.2, 0.25) is 0 Å². The monoisotopic (exact) mass is 693 g/mol. The van der Waals surface area contributed by atoms with Crippen molar-refractivity contribution in [3.05, 3.63) is 131 Å². The quantitative estimate of drug-likeness (QED) is 0.135. The standard InChI is InChI=1S/C36H25F2N5O6S/c1-43(49-2)34(46)22-13-11-21(12-14-22)32(45)40-36-42-41-33(50-36)30-27(37)17-23(18-28(30)38)19-7-9-20(10-8-19)31(44)39-29-16-15-26(35(47)48)24-5-3-4-6-25(24)29/h3-18H,1-2H3,(H,39,44)(H,47,48)(H,40,42,45). The van der Waals surface area contributed by atoms with Gasteiger partial charge in [-0.25, -0.2) is 18.6 Å². The second-order valence-corrected chi connectivity index (χ2v) is 11.8. The zero-order valence-corrected chi connectivity index (χ0v) is 27.0. The van der Waals surface area contributed by atoms with Crippen LogP contribution < -0.4 is 10.6 Å². The van der Waals surface area contributed by atoms with E-state index in [2.05, 4.69) is 20.8 Å². The SMILES string of the molecule is CON(C)C(=O)c1ccc(C(=O)Nc2nnc(-c3c(F)cc(-c4ccc(C(=O)Nc5ccc(C(=O)O)c6ccccc56)cc4)cc3F)s2)cc1. The highest BCUT2D eigenvalue weighted by molar-refractivity contribution is 7.18. The summed E-state index contributed by atoms with van der Waals surface area (Å²) in [5, 5.41) is 24.5. The van der Waals surface area contributed by atoms with Crippen LogP contribution in [0.4, 0.5) is 19.6 Å². The van der Waals surface area contributed by atoms with Crippen molar-refractivity contribution in [3.63, 3.8) is 0 Å². The Bertz CT molecular complexity index is 2270. The Morgan fingerprint density at radius 3 is 1.94 bits per heavy atom. The summed E-state index contributed by atoms with van der Waals surface area (Å²) in [6, 6.07) is 23.9. The van der Waals surface area contributed by atoms with Crippen molar-refractivity contribution in [2.45, 2.75) is 0 Å². The van der Waals surface area contributed by atoms with Crippen molar-refractivity contribution in [1.29, 1.82) is 0 Å².